The molecule has 7 heteroatoms. The first kappa shape index (κ1) is 23.9. The van der Waals surface area contributed by atoms with Crippen LogP contribution in [0.3, 0.4) is 0 Å². The lowest BCUT2D eigenvalue weighted by Crippen LogP contribution is -2.37. The van der Waals surface area contributed by atoms with Crippen molar-refractivity contribution >= 4 is 34.2 Å². The summed E-state index contributed by atoms with van der Waals surface area (Å²) in [7, 11) is 0. The van der Waals surface area contributed by atoms with E-state index in [9.17, 15) is 9.90 Å². The zero-order valence-electron chi connectivity index (χ0n) is 20.1. The van der Waals surface area contributed by atoms with Crippen molar-refractivity contribution in [2.75, 3.05) is 13.2 Å². The topological polar surface area (TPSA) is 84.4 Å². The van der Waals surface area contributed by atoms with Gasteiger partial charge in [0.05, 0.1) is 40.4 Å². The van der Waals surface area contributed by atoms with Crippen LogP contribution in [0.4, 0.5) is 0 Å². The predicted molar refractivity (Wildman–Crippen MR) is 138 cm³/mol. The Kier molecular flexibility index (Phi) is 6.60. The van der Waals surface area contributed by atoms with Crippen molar-refractivity contribution in [2.24, 2.45) is 11.3 Å². The number of halogens is 1. The fraction of sp³-hybridized carbons (Fsp3) is 0.429. The molecule has 35 heavy (non-hydrogen) atoms. The molecule has 5 rings (SSSR count). The van der Waals surface area contributed by atoms with Crippen molar-refractivity contribution in [3.05, 3.63) is 53.1 Å². The number of carboxylic acid groups (broad SMARTS) is 1. The zero-order valence-corrected chi connectivity index (χ0v) is 20.9. The summed E-state index contributed by atoms with van der Waals surface area (Å²) in [4.78, 5) is 19.7. The summed E-state index contributed by atoms with van der Waals surface area (Å²) in [5, 5.41) is 10.1. The van der Waals surface area contributed by atoms with Crippen LogP contribution in [-0.4, -0.2) is 40.4 Å². The number of aromatic nitrogens is 2. The van der Waals surface area contributed by atoms with Gasteiger partial charge in [-0.3, -0.25) is 4.79 Å². The molecule has 2 aliphatic rings. The van der Waals surface area contributed by atoms with Gasteiger partial charge in [-0.15, -0.1) is 0 Å². The highest BCUT2D eigenvalue weighted by Gasteiger charge is 2.39. The zero-order chi connectivity index (χ0) is 24.6. The minimum absolute atomic E-state index is 0.0610. The van der Waals surface area contributed by atoms with E-state index in [1.807, 2.05) is 26.0 Å². The molecule has 0 saturated heterocycles. The number of nitrogens with one attached hydrogen (secondary N) is 1. The predicted octanol–water partition coefficient (Wildman–Crippen LogP) is 6.74. The van der Waals surface area contributed by atoms with E-state index in [1.165, 1.54) is 11.1 Å². The summed E-state index contributed by atoms with van der Waals surface area (Å²) < 4.78 is 11.6. The van der Waals surface area contributed by atoms with Gasteiger partial charge in [0, 0.05) is 11.6 Å². The van der Waals surface area contributed by atoms with Gasteiger partial charge in [0.2, 0.25) is 0 Å². The van der Waals surface area contributed by atoms with Crippen LogP contribution in [0.2, 0.25) is 5.02 Å². The van der Waals surface area contributed by atoms with Gasteiger partial charge in [0.15, 0.2) is 5.88 Å². The summed E-state index contributed by atoms with van der Waals surface area (Å²) in [6, 6.07) is 12.2. The number of H-pyrrole nitrogens is 1. The van der Waals surface area contributed by atoms with Crippen LogP contribution in [0.5, 0.6) is 5.88 Å². The number of aromatic amines is 1. The summed E-state index contributed by atoms with van der Waals surface area (Å²) in [6.07, 6.45) is 6.49. The standard InChI is InChI=1S/C28H31ClN2O4/c1-28(2,27(32)33)20-7-9-21(10-8-20)35-25-16-24-23(30-25)15-22(29)26(31-24)19-5-3-17(4-6-19)18-11-13-34-14-12-18/h3-6,11,15-16,20-21,30H,7-10,12-14H2,1-2H3,(H,32,33). The van der Waals surface area contributed by atoms with Gasteiger partial charge in [-0.05, 0) is 69.1 Å². The second-order valence-corrected chi connectivity index (χ2v) is 10.5. The SMILES string of the molecule is CC(C)(C(=O)O)C1CCC(Oc2cc3nc(-c4ccc(C5=CCOCC5)cc4)c(Cl)cc3[nH]2)CC1. The van der Waals surface area contributed by atoms with Gasteiger partial charge in [0.1, 0.15) is 6.10 Å². The van der Waals surface area contributed by atoms with Crippen LogP contribution >= 0.6 is 11.6 Å². The number of ether oxygens (including phenoxy) is 2. The molecule has 3 heterocycles. The third-order valence-electron chi connectivity index (χ3n) is 7.56. The van der Waals surface area contributed by atoms with Gasteiger partial charge in [0.25, 0.3) is 0 Å². The maximum atomic E-state index is 11.6. The molecule has 0 unspecified atom stereocenters. The smallest absolute Gasteiger partial charge is 0.309 e. The monoisotopic (exact) mass is 494 g/mol. The minimum atomic E-state index is -0.730. The number of pyridine rings is 1. The van der Waals surface area contributed by atoms with Crippen LogP contribution in [0, 0.1) is 11.3 Å². The number of hydrogen-bond acceptors (Lipinski definition) is 4. The first-order valence-corrected chi connectivity index (χ1v) is 12.7. The average Bonchev–Trinajstić information content (AvgIpc) is 3.25. The summed E-state index contributed by atoms with van der Waals surface area (Å²) >= 11 is 6.61. The van der Waals surface area contributed by atoms with Gasteiger partial charge in [-0.2, -0.15) is 0 Å². The van der Waals surface area contributed by atoms with Gasteiger partial charge in [-0.1, -0.05) is 41.9 Å². The second-order valence-electron chi connectivity index (χ2n) is 10.1. The van der Waals surface area contributed by atoms with E-state index >= 15 is 0 Å². The highest BCUT2D eigenvalue weighted by molar-refractivity contribution is 6.33. The molecule has 0 radical (unpaired) electrons. The number of benzene rings is 1. The fourth-order valence-electron chi connectivity index (χ4n) is 5.16. The van der Waals surface area contributed by atoms with Crippen LogP contribution < -0.4 is 4.74 Å². The second kappa shape index (κ2) is 9.67. The molecule has 1 aromatic carbocycles. The number of carboxylic acids is 1. The molecule has 1 fully saturated rings. The van der Waals surface area contributed by atoms with Gasteiger partial charge >= 0.3 is 5.97 Å². The molecule has 2 aromatic heterocycles. The largest absolute Gasteiger partial charge is 0.481 e. The molecule has 0 atom stereocenters. The molecular formula is C28H31ClN2O4. The molecule has 0 bridgehead atoms. The number of nitrogens with zero attached hydrogens (tertiary/aromatic N) is 1. The third-order valence-corrected chi connectivity index (χ3v) is 7.85. The van der Waals surface area contributed by atoms with Crippen molar-refractivity contribution in [2.45, 2.75) is 52.1 Å². The molecule has 0 spiro atoms. The lowest BCUT2D eigenvalue weighted by atomic mass is 9.70. The summed E-state index contributed by atoms with van der Waals surface area (Å²) in [6.45, 7) is 5.07. The highest BCUT2D eigenvalue weighted by Crippen LogP contribution is 2.40. The maximum absolute atomic E-state index is 11.6. The van der Waals surface area contributed by atoms with Crippen LogP contribution in [0.1, 0.15) is 51.5 Å². The number of carbonyl (C=O) groups is 1. The first-order valence-electron chi connectivity index (χ1n) is 12.3. The van der Waals surface area contributed by atoms with Crippen molar-refractivity contribution in [1.29, 1.82) is 0 Å². The lowest BCUT2D eigenvalue weighted by molar-refractivity contribution is -0.151. The lowest BCUT2D eigenvalue weighted by Gasteiger charge is -2.36. The Labute approximate surface area is 210 Å². The Hall–Kier alpha value is -2.83. The van der Waals surface area contributed by atoms with Crippen molar-refractivity contribution in [3.63, 3.8) is 0 Å². The quantitative estimate of drug-likeness (QED) is 0.396. The van der Waals surface area contributed by atoms with E-state index in [0.717, 1.165) is 61.0 Å². The van der Waals surface area contributed by atoms with Crippen molar-refractivity contribution in [1.82, 2.24) is 9.97 Å². The van der Waals surface area contributed by atoms with Crippen LogP contribution in [0.15, 0.2) is 42.5 Å². The first-order chi connectivity index (χ1) is 16.8. The van der Waals surface area contributed by atoms with Crippen LogP contribution in [0.25, 0.3) is 27.9 Å². The molecule has 2 N–H and O–H groups in total. The molecule has 1 aliphatic heterocycles. The Balaban J connectivity index is 1.29. The van der Waals surface area contributed by atoms with Crippen molar-refractivity contribution in [3.8, 4) is 17.1 Å². The molecule has 6 nitrogen and oxygen atoms in total. The number of rotatable bonds is 6. The molecule has 1 saturated carbocycles. The molecule has 1 aliphatic carbocycles. The van der Waals surface area contributed by atoms with E-state index in [2.05, 4.69) is 35.3 Å². The molecular weight excluding hydrogens is 464 g/mol. The Bertz CT molecular complexity index is 1250. The van der Waals surface area contributed by atoms with Gasteiger partial charge in [-0.25, -0.2) is 4.98 Å². The van der Waals surface area contributed by atoms with E-state index in [1.54, 1.807) is 0 Å². The van der Waals surface area contributed by atoms with Crippen LogP contribution in [-0.2, 0) is 9.53 Å². The van der Waals surface area contributed by atoms with E-state index in [-0.39, 0.29) is 12.0 Å². The fourth-order valence-corrected chi connectivity index (χ4v) is 5.42. The van der Waals surface area contributed by atoms with Gasteiger partial charge < -0.3 is 19.6 Å². The Morgan fingerprint density at radius 3 is 2.51 bits per heavy atom. The molecule has 184 valence electrons. The number of aliphatic carboxylic acids is 1. The summed E-state index contributed by atoms with van der Waals surface area (Å²) in [5.74, 6) is 0.106. The Morgan fingerprint density at radius 1 is 1.14 bits per heavy atom. The molecule has 0 amide bonds. The normalized spacial score (nSPS) is 21.1. The third kappa shape index (κ3) is 4.95. The van der Waals surface area contributed by atoms with E-state index < -0.39 is 11.4 Å². The van der Waals surface area contributed by atoms with Crippen molar-refractivity contribution < 1.29 is 19.4 Å². The summed E-state index contributed by atoms with van der Waals surface area (Å²) in [5.41, 5.74) is 5.15. The van der Waals surface area contributed by atoms with E-state index in [4.69, 9.17) is 26.1 Å². The molecule has 3 aromatic rings. The maximum Gasteiger partial charge on any atom is 0.309 e. The highest BCUT2D eigenvalue weighted by atomic mass is 35.5. The number of hydrogen-bond donors (Lipinski definition) is 2. The minimum Gasteiger partial charge on any atom is -0.481 e. The number of fused-ring (bicyclic) bond motifs is 1. The van der Waals surface area contributed by atoms with E-state index in [0.29, 0.717) is 17.5 Å². The average molecular weight is 495 g/mol. The Morgan fingerprint density at radius 2 is 1.86 bits per heavy atom.